The molecule has 1 aromatic carbocycles. The maximum atomic E-state index is 8.66. The minimum atomic E-state index is -0.235. The fourth-order valence-corrected chi connectivity index (χ4v) is 0.806. The van der Waals surface area contributed by atoms with Gasteiger partial charge in [0.05, 0.1) is 12.6 Å². The first kappa shape index (κ1) is 7.25. The Bertz CT molecular complexity index is 186. The van der Waals surface area contributed by atoms with Crippen LogP contribution in [0.4, 0.5) is 0 Å². The maximum absolute atomic E-state index is 8.66. The van der Waals surface area contributed by atoms with Gasteiger partial charge in [0.15, 0.2) is 0 Å². The summed E-state index contributed by atoms with van der Waals surface area (Å²) in [6.07, 6.45) is 0. The number of aliphatic hydroxyl groups excluding tert-OH is 1. The molecule has 0 aliphatic heterocycles. The van der Waals surface area contributed by atoms with Crippen LogP contribution >= 0.6 is 0 Å². The van der Waals surface area contributed by atoms with Gasteiger partial charge in [0, 0.05) is 0 Å². The van der Waals surface area contributed by atoms with Crippen molar-refractivity contribution in [3.05, 3.63) is 35.9 Å². The minimum absolute atomic E-state index is 0.00398. The van der Waals surface area contributed by atoms with Crippen LogP contribution in [0.25, 0.3) is 0 Å². The third kappa shape index (κ3) is 1.56. The molecule has 3 N–H and O–H groups in total. The smallest absolute Gasteiger partial charge is 0.0624 e. The van der Waals surface area contributed by atoms with Gasteiger partial charge in [0.25, 0.3) is 0 Å². The van der Waals surface area contributed by atoms with E-state index >= 15 is 0 Å². The van der Waals surface area contributed by atoms with Crippen molar-refractivity contribution in [2.45, 2.75) is 6.04 Å². The van der Waals surface area contributed by atoms with Gasteiger partial charge in [-0.2, -0.15) is 0 Å². The summed E-state index contributed by atoms with van der Waals surface area (Å²) in [6, 6.07) is 9.31. The molecule has 0 aliphatic carbocycles. The first-order valence-electron chi connectivity index (χ1n) is 3.26. The molecule has 2 nitrogen and oxygen atoms in total. The van der Waals surface area contributed by atoms with E-state index in [1.54, 1.807) is 0 Å². The summed E-state index contributed by atoms with van der Waals surface area (Å²) >= 11 is 0. The molecule has 0 bridgehead atoms. The highest BCUT2D eigenvalue weighted by atomic mass is 16.3. The Labute approximate surface area is 60.3 Å². The van der Waals surface area contributed by atoms with Crippen molar-refractivity contribution in [3.63, 3.8) is 0 Å². The van der Waals surface area contributed by atoms with E-state index in [4.69, 9.17) is 10.8 Å². The molecule has 0 heterocycles. The average molecular weight is 138 g/mol. The van der Waals surface area contributed by atoms with Gasteiger partial charge in [0.1, 0.15) is 0 Å². The Morgan fingerprint density at radius 3 is 2.40 bits per heavy atom. The van der Waals surface area contributed by atoms with Crippen molar-refractivity contribution >= 4 is 0 Å². The van der Waals surface area contributed by atoms with Crippen molar-refractivity contribution in [1.82, 2.24) is 0 Å². The van der Waals surface area contributed by atoms with E-state index in [-0.39, 0.29) is 12.6 Å². The number of nitrogens with two attached hydrogens (primary N) is 1. The second-order valence-electron chi connectivity index (χ2n) is 2.20. The van der Waals surface area contributed by atoms with Crippen LogP contribution < -0.4 is 5.73 Å². The summed E-state index contributed by atoms with van der Waals surface area (Å²) in [6.45, 7) is 0.00398. The van der Waals surface area contributed by atoms with Crippen LogP contribution in [0.1, 0.15) is 11.6 Å². The fraction of sp³-hybridized carbons (Fsp3) is 0.250. The first-order chi connectivity index (χ1) is 4.84. The number of aliphatic hydroxyl groups is 1. The average Bonchev–Trinajstić information content (AvgIpc) is 2.05. The predicted octanol–water partition coefficient (Wildman–Crippen LogP) is 0.679. The monoisotopic (exact) mass is 138 g/mol. The Morgan fingerprint density at radius 1 is 1.30 bits per heavy atom. The largest absolute Gasteiger partial charge is 0.394 e. The summed E-state index contributed by atoms with van der Waals surface area (Å²) < 4.78 is 0. The predicted molar refractivity (Wildman–Crippen MR) is 40.5 cm³/mol. The quantitative estimate of drug-likeness (QED) is 0.590. The molecule has 1 aromatic rings. The first-order valence-corrected chi connectivity index (χ1v) is 3.26. The lowest BCUT2D eigenvalue weighted by atomic mass is 10.1. The summed E-state index contributed by atoms with van der Waals surface area (Å²) in [7, 11) is 0. The van der Waals surface area contributed by atoms with Crippen LogP contribution in [0.2, 0.25) is 0 Å². The molecule has 2 heteroatoms. The molecule has 10 heavy (non-hydrogen) atoms. The van der Waals surface area contributed by atoms with E-state index in [0.29, 0.717) is 0 Å². The zero-order chi connectivity index (χ0) is 7.40. The van der Waals surface area contributed by atoms with E-state index in [9.17, 15) is 0 Å². The molecule has 54 valence electrons. The Morgan fingerprint density at radius 2 is 1.90 bits per heavy atom. The molecule has 0 amide bonds. The van der Waals surface area contributed by atoms with Gasteiger partial charge in [-0.05, 0) is 5.56 Å². The molecule has 0 spiro atoms. The molecule has 0 aromatic heterocycles. The summed E-state index contributed by atoms with van der Waals surface area (Å²) in [5, 5.41) is 8.66. The summed E-state index contributed by atoms with van der Waals surface area (Å²) in [5.41, 5.74) is 6.52. The van der Waals surface area contributed by atoms with Gasteiger partial charge >= 0.3 is 0 Å². The number of hydrogen-bond donors (Lipinski definition) is 2. The lowest BCUT2D eigenvalue weighted by Gasteiger charge is -2.06. The fourth-order valence-electron chi connectivity index (χ4n) is 0.806. The topological polar surface area (TPSA) is 46.2 Å². The van der Waals surface area contributed by atoms with Gasteiger partial charge in [-0.3, -0.25) is 0 Å². The molecule has 0 saturated heterocycles. The van der Waals surface area contributed by atoms with Crippen LogP contribution in [0, 0.1) is 0 Å². The zero-order valence-electron chi connectivity index (χ0n) is 5.70. The second kappa shape index (κ2) is 3.34. The molecule has 0 fully saturated rings. The van der Waals surface area contributed by atoms with E-state index in [2.05, 4.69) is 0 Å². The van der Waals surface area contributed by atoms with Gasteiger partial charge in [-0.1, -0.05) is 30.3 Å². The standard InChI is InChI=1S/C8H11NO/c9-8(6-10)7-4-2-1-3-5-7/h1-5,8,10H,6,9H2/t8-/m0/s1/i9+1. The lowest BCUT2D eigenvalue weighted by Crippen LogP contribution is -2.13. The Kier molecular flexibility index (Phi) is 2.42. The Balaban J connectivity index is 2.75. The molecular formula is C8H11NO. The second-order valence-corrected chi connectivity index (χ2v) is 2.20. The summed E-state index contributed by atoms with van der Waals surface area (Å²) in [4.78, 5) is 0. The third-order valence-corrected chi connectivity index (χ3v) is 1.42. The number of rotatable bonds is 2. The highest BCUT2D eigenvalue weighted by molar-refractivity contribution is 5.18. The van der Waals surface area contributed by atoms with Gasteiger partial charge in [-0.15, -0.1) is 0 Å². The SMILES string of the molecule is [15NH2][C@@H](CO)c1ccccc1. The summed E-state index contributed by atoms with van der Waals surface area (Å²) in [5.74, 6) is 0. The van der Waals surface area contributed by atoms with Crippen LogP contribution in [0.5, 0.6) is 0 Å². The van der Waals surface area contributed by atoms with E-state index in [1.165, 1.54) is 0 Å². The van der Waals surface area contributed by atoms with E-state index < -0.39 is 0 Å². The van der Waals surface area contributed by atoms with Crippen LogP contribution in [-0.4, -0.2) is 11.7 Å². The molecule has 1 atom stereocenters. The minimum Gasteiger partial charge on any atom is -0.394 e. The van der Waals surface area contributed by atoms with Crippen molar-refractivity contribution in [2.75, 3.05) is 6.61 Å². The maximum Gasteiger partial charge on any atom is 0.0624 e. The van der Waals surface area contributed by atoms with Gasteiger partial charge in [0.2, 0.25) is 0 Å². The van der Waals surface area contributed by atoms with Crippen molar-refractivity contribution in [2.24, 2.45) is 5.73 Å². The molecule has 1 rings (SSSR count). The van der Waals surface area contributed by atoms with E-state index in [0.717, 1.165) is 5.56 Å². The zero-order valence-corrected chi connectivity index (χ0v) is 5.70. The van der Waals surface area contributed by atoms with Crippen LogP contribution in [0.3, 0.4) is 0 Å². The highest BCUT2D eigenvalue weighted by Gasteiger charge is 2.00. The van der Waals surface area contributed by atoms with Gasteiger partial charge < -0.3 is 10.8 Å². The normalized spacial score (nSPS) is 13.0. The van der Waals surface area contributed by atoms with E-state index in [1.807, 2.05) is 30.3 Å². The molecule has 0 saturated carbocycles. The Hall–Kier alpha value is -0.860. The van der Waals surface area contributed by atoms with Crippen LogP contribution in [-0.2, 0) is 0 Å². The molecular weight excluding hydrogens is 127 g/mol. The molecule has 0 unspecified atom stereocenters. The molecule has 0 radical (unpaired) electrons. The van der Waals surface area contributed by atoms with Gasteiger partial charge in [-0.25, -0.2) is 0 Å². The third-order valence-electron chi connectivity index (χ3n) is 1.42. The lowest BCUT2D eigenvalue weighted by molar-refractivity contribution is 0.268. The number of hydrogen-bond acceptors (Lipinski definition) is 2. The van der Waals surface area contributed by atoms with Crippen molar-refractivity contribution in [1.29, 1.82) is 0 Å². The molecule has 0 aliphatic rings. The van der Waals surface area contributed by atoms with Crippen molar-refractivity contribution in [3.8, 4) is 0 Å². The van der Waals surface area contributed by atoms with Crippen LogP contribution in [0.15, 0.2) is 30.3 Å². The number of benzene rings is 1. The van der Waals surface area contributed by atoms with Crippen molar-refractivity contribution < 1.29 is 5.11 Å². The highest BCUT2D eigenvalue weighted by Crippen LogP contribution is 2.06.